The van der Waals surface area contributed by atoms with Crippen molar-refractivity contribution >= 4 is 17.7 Å². The standard InChI is InChI=1S/C30H35N3O5/c1-20(2)27(32-29(35)37-30(3,4)5)28(34)33(23-12-9-17-31-19-23)38-24-14-16-26-22(18-24)13-15-25(36-26)21-10-7-6-8-11-21/h6-12,14,16-20,25,27H,13,15H2,1-5H3,(H,32,35). The highest BCUT2D eigenvalue weighted by molar-refractivity contribution is 5.97. The fourth-order valence-electron chi connectivity index (χ4n) is 4.20. The van der Waals surface area contributed by atoms with Crippen molar-refractivity contribution in [3.63, 3.8) is 0 Å². The largest absolute Gasteiger partial charge is 0.485 e. The molecule has 1 aromatic heterocycles. The summed E-state index contributed by atoms with van der Waals surface area (Å²) in [4.78, 5) is 36.6. The lowest BCUT2D eigenvalue weighted by Crippen LogP contribution is -2.53. The number of ether oxygens (including phenoxy) is 2. The summed E-state index contributed by atoms with van der Waals surface area (Å²) in [5, 5.41) is 3.88. The van der Waals surface area contributed by atoms with Crippen LogP contribution in [0, 0.1) is 5.92 Å². The van der Waals surface area contributed by atoms with Gasteiger partial charge < -0.3 is 19.6 Å². The van der Waals surface area contributed by atoms with Crippen LogP contribution >= 0.6 is 0 Å². The van der Waals surface area contributed by atoms with Crippen LogP contribution in [-0.4, -0.2) is 28.6 Å². The first-order valence-electron chi connectivity index (χ1n) is 12.9. The summed E-state index contributed by atoms with van der Waals surface area (Å²) in [5.41, 5.74) is 1.88. The van der Waals surface area contributed by atoms with Crippen LogP contribution in [0.1, 0.15) is 58.3 Å². The number of hydrogen-bond donors (Lipinski definition) is 1. The summed E-state index contributed by atoms with van der Waals surface area (Å²) in [6.45, 7) is 9.00. The number of nitrogens with zero attached hydrogens (tertiary/aromatic N) is 2. The van der Waals surface area contributed by atoms with E-state index in [0.717, 1.165) is 29.7 Å². The van der Waals surface area contributed by atoms with E-state index in [4.69, 9.17) is 14.3 Å². The van der Waals surface area contributed by atoms with Crippen molar-refractivity contribution in [3.05, 3.63) is 84.2 Å². The van der Waals surface area contributed by atoms with Gasteiger partial charge >= 0.3 is 6.09 Å². The molecule has 2 aromatic carbocycles. The van der Waals surface area contributed by atoms with Gasteiger partial charge in [-0.25, -0.2) is 4.79 Å². The predicted octanol–water partition coefficient (Wildman–Crippen LogP) is 6.02. The zero-order valence-corrected chi connectivity index (χ0v) is 22.5. The van der Waals surface area contributed by atoms with Gasteiger partial charge in [0.05, 0.1) is 6.20 Å². The Bertz CT molecular complexity index is 1240. The van der Waals surface area contributed by atoms with Gasteiger partial charge in [-0.05, 0) is 81.0 Å². The molecule has 0 spiro atoms. The van der Waals surface area contributed by atoms with Crippen LogP contribution in [0.5, 0.6) is 11.5 Å². The van der Waals surface area contributed by atoms with Crippen molar-refractivity contribution in [2.45, 2.75) is 65.2 Å². The molecular weight excluding hydrogens is 482 g/mol. The highest BCUT2D eigenvalue weighted by atomic mass is 16.7. The Morgan fingerprint density at radius 1 is 1.08 bits per heavy atom. The summed E-state index contributed by atoms with van der Waals surface area (Å²) in [6.07, 6.45) is 4.12. The zero-order valence-electron chi connectivity index (χ0n) is 22.5. The summed E-state index contributed by atoms with van der Waals surface area (Å²) in [5.74, 6) is 0.590. The van der Waals surface area contributed by atoms with E-state index < -0.39 is 23.6 Å². The van der Waals surface area contributed by atoms with Crippen LogP contribution in [0.25, 0.3) is 0 Å². The molecule has 2 unspecified atom stereocenters. The second kappa shape index (κ2) is 11.5. The Labute approximate surface area is 223 Å². The van der Waals surface area contributed by atoms with Crippen LogP contribution < -0.4 is 20.0 Å². The second-order valence-corrected chi connectivity index (χ2v) is 10.6. The summed E-state index contributed by atoms with van der Waals surface area (Å²) >= 11 is 0. The predicted molar refractivity (Wildman–Crippen MR) is 145 cm³/mol. The van der Waals surface area contributed by atoms with Crippen molar-refractivity contribution in [1.82, 2.24) is 10.3 Å². The van der Waals surface area contributed by atoms with Gasteiger partial charge in [0, 0.05) is 6.20 Å². The number of amides is 2. The number of fused-ring (bicyclic) bond motifs is 1. The average molecular weight is 518 g/mol. The molecule has 4 rings (SSSR count). The normalized spacial score (nSPS) is 15.6. The second-order valence-electron chi connectivity index (χ2n) is 10.6. The molecule has 0 bridgehead atoms. The topological polar surface area (TPSA) is 90.0 Å². The number of carbonyl (C=O) groups excluding carboxylic acids is 2. The van der Waals surface area contributed by atoms with E-state index in [9.17, 15) is 9.59 Å². The first-order valence-corrected chi connectivity index (χ1v) is 12.9. The molecule has 0 aliphatic carbocycles. The van der Waals surface area contributed by atoms with Crippen molar-refractivity contribution in [3.8, 4) is 11.5 Å². The van der Waals surface area contributed by atoms with Gasteiger partial charge in [0.25, 0.3) is 5.91 Å². The number of hydroxylamine groups is 1. The highest BCUT2D eigenvalue weighted by Crippen LogP contribution is 2.37. The summed E-state index contributed by atoms with van der Waals surface area (Å²) < 4.78 is 11.6. The molecule has 0 radical (unpaired) electrons. The number of pyridine rings is 1. The molecule has 2 heterocycles. The monoisotopic (exact) mass is 517 g/mol. The highest BCUT2D eigenvalue weighted by Gasteiger charge is 2.33. The number of hydrogen-bond acceptors (Lipinski definition) is 6. The number of aromatic nitrogens is 1. The Morgan fingerprint density at radius 3 is 2.50 bits per heavy atom. The van der Waals surface area contributed by atoms with Crippen molar-refractivity contribution < 1.29 is 23.9 Å². The van der Waals surface area contributed by atoms with E-state index in [1.54, 1.807) is 45.2 Å². The van der Waals surface area contributed by atoms with Crippen LogP contribution in [-0.2, 0) is 16.0 Å². The number of carbonyl (C=O) groups is 2. The molecule has 38 heavy (non-hydrogen) atoms. The smallest absolute Gasteiger partial charge is 0.408 e. The molecule has 3 aromatic rings. The number of benzene rings is 2. The third-order valence-electron chi connectivity index (χ3n) is 6.03. The quantitative estimate of drug-likeness (QED) is 0.385. The lowest BCUT2D eigenvalue weighted by atomic mass is 9.97. The Kier molecular flexibility index (Phi) is 8.20. The minimum atomic E-state index is -0.891. The first kappa shape index (κ1) is 27.0. The molecule has 0 saturated carbocycles. The van der Waals surface area contributed by atoms with Gasteiger partial charge in [0.15, 0.2) is 5.75 Å². The molecule has 8 nitrogen and oxygen atoms in total. The maximum Gasteiger partial charge on any atom is 0.408 e. The number of rotatable bonds is 7. The number of alkyl carbamates (subject to hydrolysis) is 1. The number of aryl methyl sites for hydroxylation is 1. The molecule has 8 heteroatoms. The lowest BCUT2D eigenvalue weighted by Gasteiger charge is -2.30. The Morgan fingerprint density at radius 2 is 1.84 bits per heavy atom. The zero-order chi connectivity index (χ0) is 27.3. The molecule has 0 saturated heterocycles. The average Bonchev–Trinajstić information content (AvgIpc) is 2.89. The maximum absolute atomic E-state index is 13.8. The molecular formula is C30H35N3O5. The van der Waals surface area contributed by atoms with Crippen LogP contribution in [0.3, 0.4) is 0 Å². The van der Waals surface area contributed by atoms with E-state index in [0.29, 0.717) is 11.4 Å². The Hall–Kier alpha value is -4.07. The lowest BCUT2D eigenvalue weighted by molar-refractivity contribution is -0.125. The Balaban J connectivity index is 1.56. The number of anilines is 1. The fourth-order valence-corrected chi connectivity index (χ4v) is 4.20. The van der Waals surface area contributed by atoms with Crippen molar-refractivity contribution in [2.24, 2.45) is 5.92 Å². The fraction of sp³-hybridized carbons (Fsp3) is 0.367. The molecule has 1 aliphatic rings. The van der Waals surface area contributed by atoms with Gasteiger partial charge in [0.1, 0.15) is 29.2 Å². The van der Waals surface area contributed by atoms with E-state index >= 15 is 0 Å². The molecule has 200 valence electrons. The van der Waals surface area contributed by atoms with Gasteiger partial charge in [-0.2, -0.15) is 0 Å². The van der Waals surface area contributed by atoms with Crippen molar-refractivity contribution in [1.29, 1.82) is 0 Å². The van der Waals surface area contributed by atoms with Gasteiger partial charge in [-0.1, -0.05) is 44.2 Å². The van der Waals surface area contributed by atoms with Gasteiger partial charge in [0.2, 0.25) is 0 Å². The van der Waals surface area contributed by atoms with E-state index in [2.05, 4.69) is 22.4 Å². The van der Waals surface area contributed by atoms with E-state index in [1.165, 1.54) is 11.3 Å². The maximum atomic E-state index is 13.8. The minimum Gasteiger partial charge on any atom is -0.485 e. The minimum absolute atomic E-state index is 0.00494. The first-order chi connectivity index (χ1) is 18.1. The van der Waals surface area contributed by atoms with Crippen LogP contribution in [0.15, 0.2) is 73.1 Å². The van der Waals surface area contributed by atoms with Crippen molar-refractivity contribution in [2.75, 3.05) is 5.06 Å². The molecule has 0 fully saturated rings. The van der Waals surface area contributed by atoms with Gasteiger partial charge in [-0.3, -0.25) is 9.78 Å². The number of nitrogens with one attached hydrogen (secondary N) is 1. The molecule has 2 atom stereocenters. The van der Waals surface area contributed by atoms with E-state index in [-0.39, 0.29) is 12.0 Å². The third-order valence-corrected chi connectivity index (χ3v) is 6.03. The van der Waals surface area contributed by atoms with Crippen LogP contribution in [0.2, 0.25) is 0 Å². The van der Waals surface area contributed by atoms with Crippen LogP contribution in [0.4, 0.5) is 10.5 Å². The molecule has 1 aliphatic heterocycles. The summed E-state index contributed by atoms with van der Waals surface area (Å²) in [6, 6.07) is 18.2. The summed E-state index contributed by atoms with van der Waals surface area (Å²) in [7, 11) is 0. The molecule has 1 N–H and O–H groups in total. The van der Waals surface area contributed by atoms with Gasteiger partial charge in [-0.15, -0.1) is 5.06 Å². The molecule has 2 amide bonds. The SMILES string of the molecule is CC(C)C(NC(=O)OC(C)(C)C)C(=O)N(Oc1ccc2c(c1)CCC(c1ccccc1)O2)c1cccnc1. The third kappa shape index (κ3) is 6.82. The van der Waals surface area contributed by atoms with E-state index in [1.807, 2.05) is 44.2 Å².